The lowest BCUT2D eigenvalue weighted by Gasteiger charge is -2.08. The number of nitrogens with one attached hydrogen (secondary N) is 1. The molecule has 0 spiro atoms. The van der Waals surface area contributed by atoms with Gasteiger partial charge in [0.15, 0.2) is 0 Å². The third-order valence-corrected chi connectivity index (χ3v) is 4.97. The number of hydrogen-bond donors (Lipinski definition) is 1. The summed E-state index contributed by atoms with van der Waals surface area (Å²) in [6, 6.07) is 16.5. The number of amides is 1. The van der Waals surface area contributed by atoms with Gasteiger partial charge >= 0.3 is 0 Å². The summed E-state index contributed by atoms with van der Waals surface area (Å²) in [6.45, 7) is 0.696. The van der Waals surface area contributed by atoms with Gasteiger partial charge in [0, 0.05) is 30.3 Å². The number of carbonyl (C=O) groups excluding carboxylic acids is 1. The fourth-order valence-electron chi connectivity index (χ4n) is 2.75. The van der Waals surface area contributed by atoms with Crippen molar-refractivity contribution in [1.82, 2.24) is 19.9 Å². The summed E-state index contributed by atoms with van der Waals surface area (Å²) in [4.78, 5) is 33.1. The highest BCUT2D eigenvalue weighted by Gasteiger charge is 2.08. The average Bonchev–Trinajstić information content (AvgIpc) is 3.17. The molecule has 2 aromatic carbocycles. The van der Waals surface area contributed by atoms with Gasteiger partial charge in [0.25, 0.3) is 11.5 Å². The molecule has 27 heavy (non-hydrogen) atoms. The third kappa shape index (κ3) is 3.78. The van der Waals surface area contributed by atoms with Crippen molar-refractivity contribution in [3.8, 4) is 11.3 Å². The van der Waals surface area contributed by atoms with Crippen LogP contribution < -0.4 is 10.9 Å². The number of rotatable bonds is 5. The zero-order valence-corrected chi connectivity index (χ0v) is 15.1. The zero-order chi connectivity index (χ0) is 18.6. The Hall–Kier alpha value is -3.32. The minimum atomic E-state index is -0.174. The summed E-state index contributed by atoms with van der Waals surface area (Å²) >= 11 is 1.50. The first kappa shape index (κ1) is 17.1. The minimum Gasteiger partial charge on any atom is -0.350 e. The van der Waals surface area contributed by atoms with Gasteiger partial charge in [-0.15, -0.1) is 11.3 Å². The quantitative estimate of drug-likeness (QED) is 0.581. The lowest BCUT2D eigenvalue weighted by atomic mass is 10.1. The Kier molecular flexibility index (Phi) is 4.76. The molecule has 4 aromatic rings. The smallest absolute Gasteiger partial charge is 0.253 e. The van der Waals surface area contributed by atoms with E-state index in [1.165, 1.54) is 28.3 Å². The van der Waals surface area contributed by atoms with E-state index >= 15 is 0 Å². The molecule has 0 radical (unpaired) electrons. The Morgan fingerprint density at radius 1 is 1.07 bits per heavy atom. The number of hydrogen-bond acceptors (Lipinski definition) is 5. The van der Waals surface area contributed by atoms with Crippen LogP contribution in [0.1, 0.15) is 10.4 Å². The second-order valence-corrected chi connectivity index (χ2v) is 6.85. The Morgan fingerprint density at radius 3 is 2.74 bits per heavy atom. The molecule has 1 N–H and O–H groups in total. The molecule has 0 aliphatic rings. The van der Waals surface area contributed by atoms with E-state index in [-0.39, 0.29) is 11.5 Å². The largest absolute Gasteiger partial charge is 0.350 e. The van der Waals surface area contributed by atoms with Crippen LogP contribution in [0.3, 0.4) is 0 Å². The molecular formula is C20H16N4O2S. The molecule has 2 heterocycles. The van der Waals surface area contributed by atoms with Crippen LogP contribution in [0.15, 0.2) is 71.2 Å². The second-order valence-electron chi connectivity index (χ2n) is 5.96. The highest BCUT2D eigenvalue weighted by Crippen LogP contribution is 2.19. The predicted molar refractivity (Wildman–Crippen MR) is 106 cm³/mol. The van der Waals surface area contributed by atoms with Crippen LogP contribution in [-0.2, 0) is 6.54 Å². The van der Waals surface area contributed by atoms with E-state index in [9.17, 15) is 9.59 Å². The number of benzene rings is 2. The first-order chi connectivity index (χ1) is 13.2. The van der Waals surface area contributed by atoms with E-state index in [4.69, 9.17) is 0 Å². The van der Waals surface area contributed by atoms with Crippen LogP contribution in [0.25, 0.3) is 21.5 Å². The minimum absolute atomic E-state index is 0.149. The number of aromatic nitrogens is 3. The van der Waals surface area contributed by atoms with E-state index in [1.54, 1.807) is 11.6 Å². The number of fused-ring (bicyclic) bond motifs is 1. The maximum atomic E-state index is 12.3. The van der Waals surface area contributed by atoms with Gasteiger partial charge in [-0.1, -0.05) is 30.3 Å². The van der Waals surface area contributed by atoms with Gasteiger partial charge in [0.1, 0.15) is 0 Å². The van der Waals surface area contributed by atoms with Crippen LogP contribution in [0, 0.1) is 0 Å². The molecule has 0 bridgehead atoms. The molecule has 6 nitrogen and oxygen atoms in total. The van der Waals surface area contributed by atoms with Gasteiger partial charge in [-0.25, -0.2) is 9.97 Å². The fourth-order valence-corrected chi connectivity index (χ4v) is 3.47. The maximum absolute atomic E-state index is 12.3. The molecule has 0 atom stereocenters. The Balaban J connectivity index is 1.40. The van der Waals surface area contributed by atoms with Crippen LogP contribution in [-0.4, -0.2) is 27.0 Å². The highest BCUT2D eigenvalue weighted by molar-refractivity contribution is 7.16. The summed E-state index contributed by atoms with van der Waals surface area (Å²) in [7, 11) is 0. The van der Waals surface area contributed by atoms with Gasteiger partial charge in [-0.2, -0.15) is 0 Å². The first-order valence-electron chi connectivity index (χ1n) is 8.44. The summed E-state index contributed by atoms with van der Waals surface area (Å²) in [5.41, 5.74) is 4.60. The van der Waals surface area contributed by atoms with E-state index in [0.717, 1.165) is 15.8 Å². The van der Waals surface area contributed by atoms with Crippen molar-refractivity contribution in [2.45, 2.75) is 6.54 Å². The van der Waals surface area contributed by atoms with Crippen molar-refractivity contribution in [3.05, 3.63) is 82.4 Å². The van der Waals surface area contributed by atoms with Crippen molar-refractivity contribution < 1.29 is 4.79 Å². The molecule has 4 rings (SSSR count). The molecule has 0 saturated heterocycles. The van der Waals surface area contributed by atoms with Gasteiger partial charge in [0.05, 0.1) is 27.7 Å². The lowest BCUT2D eigenvalue weighted by molar-refractivity contribution is 0.0952. The monoisotopic (exact) mass is 376 g/mol. The predicted octanol–water partition coefficient (Wildman–Crippen LogP) is 2.95. The highest BCUT2D eigenvalue weighted by atomic mass is 32.1. The first-order valence-corrected chi connectivity index (χ1v) is 9.32. The maximum Gasteiger partial charge on any atom is 0.253 e. The molecular weight excluding hydrogens is 360 g/mol. The molecule has 2 aromatic heterocycles. The summed E-state index contributed by atoms with van der Waals surface area (Å²) in [5.74, 6) is -0.174. The van der Waals surface area contributed by atoms with Crippen molar-refractivity contribution >= 4 is 27.5 Å². The van der Waals surface area contributed by atoms with Crippen molar-refractivity contribution in [1.29, 1.82) is 0 Å². The molecule has 7 heteroatoms. The van der Waals surface area contributed by atoms with Crippen LogP contribution in [0.5, 0.6) is 0 Å². The summed E-state index contributed by atoms with van der Waals surface area (Å²) in [6.07, 6.45) is 1.51. The number of nitrogens with zero attached hydrogens (tertiary/aromatic N) is 3. The SMILES string of the molecule is O=C(NCCn1cnc(-c2ccccc2)cc1=O)c1ccc2ncsc2c1. The van der Waals surface area contributed by atoms with E-state index in [0.29, 0.717) is 24.3 Å². The summed E-state index contributed by atoms with van der Waals surface area (Å²) < 4.78 is 2.46. The lowest BCUT2D eigenvalue weighted by Crippen LogP contribution is -2.30. The van der Waals surface area contributed by atoms with Crippen molar-refractivity contribution in [2.24, 2.45) is 0 Å². The van der Waals surface area contributed by atoms with Gasteiger partial charge in [-0.3, -0.25) is 14.2 Å². The molecule has 1 amide bonds. The van der Waals surface area contributed by atoms with Crippen LogP contribution >= 0.6 is 11.3 Å². The van der Waals surface area contributed by atoms with E-state index in [1.807, 2.05) is 42.5 Å². The number of thiazole rings is 1. The number of carbonyl (C=O) groups is 1. The fraction of sp³-hybridized carbons (Fsp3) is 0.100. The molecule has 0 saturated carbocycles. The second kappa shape index (κ2) is 7.51. The Labute approximate surface area is 159 Å². The van der Waals surface area contributed by atoms with Crippen LogP contribution in [0.4, 0.5) is 0 Å². The standard InChI is InChI=1S/C20H16N4O2S/c25-19-11-17(14-4-2-1-3-5-14)22-12-24(19)9-8-21-20(26)15-6-7-16-18(10-15)27-13-23-16/h1-7,10-13H,8-9H2,(H,21,26). The zero-order valence-electron chi connectivity index (χ0n) is 14.3. The van der Waals surface area contributed by atoms with E-state index in [2.05, 4.69) is 15.3 Å². The van der Waals surface area contributed by atoms with Gasteiger partial charge in [-0.05, 0) is 18.2 Å². The Morgan fingerprint density at radius 2 is 1.93 bits per heavy atom. The normalized spacial score (nSPS) is 10.8. The third-order valence-electron chi connectivity index (χ3n) is 4.18. The molecule has 0 aliphatic carbocycles. The molecule has 0 aliphatic heterocycles. The van der Waals surface area contributed by atoms with Crippen LogP contribution in [0.2, 0.25) is 0 Å². The summed E-state index contributed by atoms with van der Waals surface area (Å²) in [5, 5.41) is 2.84. The van der Waals surface area contributed by atoms with Gasteiger partial charge < -0.3 is 5.32 Å². The average molecular weight is 376 g/mol. The topological polar surface area (TPSA) is 76.9 Å². The molecule has 134 valence electrons. The molecule has 0 fully saturated rings. The Bertz CT molecular complexity index is 1150. The van der Waals surface area contributed by atoms with Crippen molar-refractivity contribution in [3.63, 3.8) is 0 Å². The van der Waals surface area contributed by atoms with E-state index < -0.39 is 0 Å². The van der Waals surface area contributed by atoms with Crippen molar-refractivity contribution in [2.75, 3.05) is 6.54 Å². The molecule has 0 unspecified atom stereocenters. The van der Waals surface area contributed by atoms with Gasteiger partial charge in [0.2, 0.25) is 0 Å².